The molecule has 0 aromatic heterocycles. The van der Waals surface area contributed by atoms with Gasteiger partial charge in [0.1, 0.15) is 5.82 Å². The zero-order chi connectivity index (χ0) is 17.5. The van der Waals surface area contributed by atoms with Crippen LogP contribution >= 0.6 is 0 Å². The van der Waals surface area contributed by atoms with Crippen molar-refractivity contribution < 1.29 is 18.3 Å². The maximum atomic E-state index is 14.2. The SMILES string of the molecule is O=C(N1CCCC2(COCCN(c3cccc(F)c3)C2)C1)C1(F)CC1. The summed E-state index contributed by atoms with van der Waals surface area (Å²) in [7, 11) is 0. The van der Waals surface area contributed by atoms with E-state index in [2.05, 4.69) is 4.90 Å². The third kappa shape index (κ3) is 3.36. The van der Waals surface area contributed by atoms with E-state index < -0.39 is 5.67 Å². The van der Waals surface area contributed by atoms with Crippen molar-refractivity contribution in [3.8, 4) is 0 Å². The average molecular weight is 350 g/mol. The lowest BCUT2D eigenvalue weighted by molar-refractivity contribution is -0.142. The van der Waals surface area contributed by atoms with E-state index in [1.54, 1.807) is 11.0 Å². The molecular formula is C19H24F2N2O2. The molecule has 1 unspecified atom stereocenters. The summed E-state index contributed by atoms with van der Waals surface area (Å²) in [5.41, 5.74) is -1.01. The van der Waals surface area contributed by atoms with Crippen LogP contribution in [-0.4, -0.2) is 55.9 Å². The highest BCUT2D eigenvalue weighted by Gasteiger charge is 2.54. The molecule has 1 aromatic carbocycles. The third-order valence-corrected chi connectivity index (χ3v) is 5.63. The van der Waals surface area contributed by atoms with Gasteiger partial charge >= 0.3 is 0 Å². The average Bonchev–Trinajstić information content (AvgIpc) is 3.38. The molecule has 1 spiro atoms. The number of alkyl halides is 1. The Kier molecular flexibility index (Phi) is 4.18. The summed E-state index contributed by atoms with van der Waals surface area (Å²) >= 11 is 0. The number of anilines is 1. The van der Waals surface area contributed by atoms with Gasteiger partial charge in [0.15, 0.2) is 5.67 Å². The molecule has 0 radical (unpaired) electrons. The van der Waals surface area contributed by atoms with Crippen molar-refractivity contribution in [2.24, 2.45) is 5.41 Å². The third-order valence-electron chi connectivity index (χ3n) is 5.63. The monoisotopic (exact) mass is 350 g/mol. The van der Waals surface area contributed by atoms with Crippen molar-refractivity contribution >= 4 is 11.6 Å². The Morgan fingerprint density at radius 3 is 2.76 bits per heavy atom. The van der Waals surface area contributed by atoms with E-state index in [1.807, 2.05) is 6.07 Å². The van der Waals surface area contributed by atoms with Gasteiger partial charge in [-0.2, -0.15) is 0 Å². The minimum Gasteiger partial charge on any atom is -0.379 e. The van der Waals surface area contributed by atoms with E-state index in [0.29, 0.717) is 52.2 Å². The summed E-state index contributed by atoms with van der Waals surface area (Å²) < 4.78 is 33.7. The Morgan fingerprint density at radius 2 is 2.00 bits per heavy atom. The summed E-state index contributed by atoms with van der Waals surface area (Å²) in [4.78, 5) is 16.3. The summed E-state index contributed by atoms with van der Waals surface area (Å²) in [6, 6.07) is 6.57. The van der Waals surface area contributed by atoms with Crippen LogP contribution in [0, 0.1) is 11.2 Å². The van der Waals surface area contributed by atoms with Gasteiger partial charge in [-0.05, 0) is 43.9 Å². The van der Waals surface area contributed by atoms with Gasteiger partial charge in [0, 0.05) is 37.3 Å². The fourth-order valence-electron chi connectivity index (χ4n) is 4.12. The smallest absolute Gasteiger partial charge is 0.260 e. The predicted molar refractivity (Wildman–Crippen MR) is 90.8 cm³/mol. The van der Waals surface area contributed by atoms with Crippen molar-refractivity contribution in [1.82, 2.24) is 4.90 Å². The number of carbonyl (C=O) groups excluding carboxylic acids is 1. The summed E-state index contributed by atoms with van der Waals surface area (Å²) in [5.74, 6) is -0.613. The van der Waals surface area contributed by atoms with Crippen LogP contribution in [0.5, 0.6) is 0 Å². The maximum absolute atomic E-state index is 14.2. The van der Waals surface area contributed by atoms with Gasteiger partial charge in [-0.1, -0.05) is 6.07 Å². The minimum absolute atomic E-state index is 0.220. The number of amides is 1. The molecule has 2 aliphatic heterocycles. The Balaban J connectivity index is 1.53. The van der Waals surface area contributed by atoms with E-state index in [-0.39, 0.29) is 17.1 Å². The molecular weight excluding hydrogens is 326 g/mol. The molecule has 4 rings (SSSR count). The number of carbonyl (C=O) groups is 1. The van der Waals surface area contributed by atoms with Crippen LogP contribution in [0.2, 0.25) is 0 Å². The van der Waals surface area contributed by atoms with Gasteiger partial charge in [0.2, 0.25) is 0 Å². The van der Waals surface area contributed by atoms with Crippen molar-refractivity contribution in [3.63, 3.8) is 0 Å². The highest BCUT2D eigenvalue weighted by molar-refractivity contribution is 5.88. The number of rotatable bonds is 2. The first-order chi connectivity index (χ1) is 12.0. The Morgan fingerprint density at radius 1 is 1.16 bits per heavy atom. The highest BCUT2D eigenvalue weighted by atomic mass is 19.1. The standard InChI is InChI=1S/C19H24F2N2O2/c20-15-3-1-4-16(11-15)22-9-10-25-14-18(12-22)5-2-8-23(13-18)17(24)19(21)6-7-19/h1,3-4,11H,2,5-10,12-14H2. The van der Waals surface area contributed by atoms with Crippen molar-refractivity contribution in [2.45, 2.75) is 31.4 Å². The topological polar surface area (TPSA) is 32.8 Å². The normalized spacial score (nSPS) is 28.7. The molecule has 3 fully saturated rings. The van der Waals surface area contributed by atoms with Gasteiger partial charge in [0.25, 0.3) is 5.91 Å². The van der Waals surface area contributed by atoms with Crippen LogP contribution < -0.4 is 4.90 Å². The highest BCUT2D eigenvalue weighted by Crippen LogP contribution is 2.43. The number of hydrogen-bond donors (Lipinski definition) is 0. The number of piperidine rings is 1. The Bertz CT molecular complexity index is 665. The molecule has 0 N–H and O–H groups in total. The molecule has 25 heavy (non-hydrogen) atoms. The van der Waals surface area contributed by atoms with Gasteiger partial charge in [-0.25, -0.2) is 8.78 Å². The zero-order valence-electron chi connectivity index (χ0n) is 14.3. The van der Waals surface area contributed by atoms with Crippen molar-refractivity contribution in [3.05, 3.63) is 30.1 Å². The molecule has 1 atom stereocenters. The number of ether oxygens (including phenoxy) is 1. The number of halogens is 2. The number of hydrogen-bond acceptors (Lipinski definition) is 3. The van der Waals surface area contributed by atoms with Gasteiger partial charge in [-0.15, -0.1) is 0 Å². The van der Waals surface area contributed by atoms with Crippen molar-refractivity contribution in [1.29, 1.82) is 0 Å². The maximum Gasteiger partial charge on any atom is 0.260 e. The second-order valence-corrected chi connectivity index (χ2v) is 7.75. The van der Waals surface area contributed by atoms with E-state index in [9.17, 15) is 13.6 Å². The molecule has 1 saturated carbocycles. The molecule has 0 bridgehead atoms. The van der Waals surface area contributed by atoms with Crippen LogP contribution in [-0.2, 0) is 9.53 Å². The summed E-state index contributed by atoms with van der Waals surface area (Å²) in [6.07, 6.45) is 2.48. The number of benzene rings is 1. The molecule has 1 amide bonds. The van der Waals surface area contributed by atoms with Gasteiger partial charge in [-0.3, -0.25) is 4.79 Å². The lowest BCUT2D eigenvalue weighted by atomic mass is 9.79. The van der Waals surface area contributed by atoms with Crippen LogP contribution in [0.25, 0.3) is 0 Å². The largest absolute Gasteiger partial charge is 0.379 e. The van der Waals surface area contributed by atoms with E-state index >= 15 is 0 Å². The Labute approximate surface area is 146 Å². The first-order valence-corrected chi connectivity index (χ1v) is 9.06. The molecule has 2 saturated heterocycles. The van der Waals surface area contributed by atoms with E-state index in [1.165, 1.54) is 12.1 Å². The molecule has 1 aliphatic carbocycles. The second kappa shape index (κ2) is 6.24. The molecule has 4 nitrogen and oxygen atoms in total. The lowest BCUT2D eigenvalue weighted by Gasteiger charge is -2.44. The molecule has 2 heterocycles. The van der Waals surface area contributed by atoms with E-state index in [4.69, 9.17) is 4.74 Å². The van der Waals surface area contributed by atoms with Crippen LogP contribution in [0.15, 0.2) is 24.3 Å². The molecule has 136 valence electrons. The first-order valence-electron chi connectivity index (χ1n) is 9.06. The summed E-state index contributed by atoms with van der Waals surface area (Å²) in [5, 5.41) is 0. The molecule has 6 heteroatoms. The second-order valence-electron chi connectivity index (χ2n) is 7.75. The Hall–Kier alpha value is -1.69. The van der Waals surface area contributed by atoms with Gasteiger partial charge in [0.05, 0.1) is 13.2 Å². The fourth-order valence-corrected chi connectivity index (χ4v) is 4.12. The lowest BCUT2D eigenvalue weighted by Crippen LogP contribution is -2.54. The van der Waals surface area contributed by atoms with E-state index in [0.717, 1.165) is 18.5 Å². The molecule has 3 aliphatic rings. The van der Waals surface area contributed by atoms with Gasteiger partial charge < -0.3 is 14.5 Å². The number of likely N-dealkylation sites (tertiary alicyclic amines) is 1. The van der Waals surface area contributed by atoms with Crippen LogP contribution in [0.1, 0.15) is 25.7 Å². The van der Waals surface area contributed by atoms with Crippen LogP contribution in [0.3, 0.4) is 0 Å². The summed E-state index contributed by atoms with van der Waals surface area (Å²) in [6.45, 7) is 3.64. The quantitative estimate of drug-likeness (QED) is 0.822. The molecule has 1 aromatic rings. The van der Waals surface area contributed by atoms with Crippen LogP contribution in [0.4, 0.5) is 14.5 Å². The number of nitrogens with zero attached hydrogens (tertiary/aromatic N) is 2. The zero-order valence-corrected chi connectivity index (χ0v) is 14.3. The predicted octanol–water partition coefficient (Wildman–Crippen LogP) is 2.77. The minimum atomic E-state index is -1.62. The fraction of sp³-hybridized carbons (Fsp3) is 0.632. The first kappa shape index (κ1) is 16.8. The van der Waals surface area contributed by atoms with Crippen molar-refractivity contribution in [2.75, 3.05) is 44.3 Å².